The third kappa shape index (κ3) is 3.49. The number of fused-ring (bicyclic) bond motifs is 1. The second kappa shape index (κ2) is 6.99. The van der Waals surface area contributed by atoms with E-state index in [2.05, 4.69) is 15.1 Å². The van der Waals surface area contributed by atoms with Crippen LogP contribution in [0.2, 0.25) is 0 Å². The van der Waals surface area contributed by atoms with E-state index >= 15 is 0 Å². The third-order valence-electron chi connectivity index (χ3n) is 5.29. The van der Waals surface area contributed by atoms with Crippen LogP contribution < -0.4 is 14.8 Å². The third-order valence-corrected chi connectivity index (χ3v) is 5.29. The Balaban J connectivity index is 1.20. The molecule has 1 saturated carbocycles. The fraction of sp³-hybridized carbons (Fsp3) is 0.611. The van der Waals surface area contributed by atoms with E-state index in [1.807, 2.05) is 18.2 Å². The molecule has 0 atom stereocenters. The number of nitrogens with zero attached hydrogens (tertiary/aromatic N) is 2. The number of benzene rings is 1. The van der Waals surface area contributed by atoms with E-state index in [0.29, 0.717) is 13.1 Å². The summed E-state index contributed by atoms with van der Waals surface area (Å²) in [5.74, 6) is 1.62. The summed E-state index contributed by atoms with van der Waals surface area (Å²) < 4.78 is 10.7. The van der Waals surface area contributed by atoms with Crippen molar-refractivity contribution in [3.63, 3.8) is 0 Å². The van der Waals surface area contributed by atoms with Crippen molar-refractivity contribution >= 4 is 5.91 Å². The molecule has 1 aromatic rings. The molecule has 1 amide bonds. The maximum atomic E-state index is 12.2. The van der Waals surface area contributed by atoms with Crippen LogP contribution in [0.25, 0.3) is 0 Å². The van der Waals surface area contributed by atoms with E-state index in [1.165, 1.54) is 19.3 Å². The van der Waals surface area contributed by atoms with Crippen LogP contribution in [-0.4, -0.2) is 61.3 Å². The van der Waals surface area contributed by atoms with Gasteiger partial charge in [0, 0.05) is 38.8 Å². The topological polar surface area (TPSA) is 54.0 Å². The zero-order chi connectivity index (χ0) is 16.4. The molecule has 24 heavy (non-hydrogen) atoms. The summed E-state index contributed by atoms with van der Waals surface area (Å²) in [5.41, 5.74) is 1.03. The van der Waals surface area contributed by atoms with Gasteiger partial charge in [0.15, 0.2) is 11.5 Å². The molecular weight excluding hydrogens is 306 g/mol. The molecule has 0 bridgehead atoms. The summed E-state index contributed by atoms with van der Waals surface area (Å²) in [4.78, 5) is 17.0. The lowest BCUT2D eigenvalue weighted by Gasteiger charge is -2.42. The van der Waals surface area contributed by atoms with E-state index in [0.717, 1.165) is 49.3 Å². The molecule has 2 fully saturated rings. The van der Waals surface area contributed by atoms with E-state index in [4.69, 9.17) is 9.47 Å². The molecule has 4 rings (SSSR count). The van der Waals surface area contributed by atoms with Gasteiger partial charge in [0.1, 0.15) is 0 Å². The highest BCUT2D eigenvalue weighted by Gasteiger charge is 2.28. The Labute approximate surface area is 142 Å². The zero-order valence-electron chi connectivity index (χ0n) is 14.0. The van der Waals surface area contributed by atoms with Crippen LogP contribution in [-0.2, 0) is 11.3 Å². The molecule has 6 nitrogen and oxygen atoms in total. The molecule has 1 N–H and O–H groups in total. The molecule has 130 valence electrons. The van der Waals surface area contributed by atoms with Gasteiger partial charge in [-0.2, -0.15) is 0 Å². The first-order valence-electron chi connectivity index (χ1n) is 8.89. The van der Waals surface area contributed by atoms with Gasteiger partial charge in [-0.05, 0) is 30.5 Å². The highest BCUT2D eigenvalue weighted by molar-refractivity contribution is 5.78. The monoisotopic (exact) mass is 331 g/mol. The maximum absolute atomic E-state index is 12.2. The molecule has 0 unspecified atom stereocenters. The SMILES string of the molecule is O=C(CN1CCN(C2CCC2)CC1)NCc1ccc2c(c1)OCO2. The number of hydrogen-bond acceptors (Lipinski definition) is 5. The number of nitrogens with one attached hydrogen (secondary N) is 1. The Morgan fingerprint density at radius 3 is 2.67 bits per heavy atom. The molecular formula is C18H25N3O3. The smallest absolute Gasteiger partial charge is 0.234 e. The van der Waals surface area contributed by atoms with Gasteiger partial charge in [-0.25, -0.2) is 0 Å². The van der Waals surface area contributed by atoms with Crippen LogP contribution in [0.3, 0.4) is 0 Å². The summed E-state index contributed by atoms with van der Waals surface area (Å²) in [6, 6.07) is 6.60. The van der Waals surface area contributed by atoms with Crippen molar-refractivity contribution in [2.45, 2.75) is 31.8 Å². The second-order valence-corrected chi connectivity index (χ2v) is 6.86. The Bertz CT molecular complexity index is 595. The van der Waals surface area contributed by atoms with Gasteiger partial charge in [-0.3, -0.25) is 14.6 Å². The van der Waals surface area contributed by atoms with Crippen LogP contribution in [0.15, 0.2) is 18.2 Å². The number of carbonyl (C=O) groups excluding carboxylic acids is 1. The van der Waals surface area contributed by atoms with Crippen molar-refractivity contribution in [3.8, 4) is 11.5 Å². The van der Waals surface area contributed by atoms with Crippen molar-refractivity contribution in [2.24, 2.45) is 0 Å². The normalized spacial score (nSPS) is 21.5. The van der Waals surface area contributed by atoms with E-state index < -0.39 is 0 Å². The van der Waals surface area contributed by atoms with Crippen LogP contribution in [0.4, 0.5) is 0 Å². The average Bonchev–Trinajstić information content (AvgIpc) is 3.01. The Kier molecular flexibility index (Phi) is 4.58. The Morgan fingerprint density at radius 1 is 1.12 bits per heavy atom. The molecule has 0 radical (unpaired) electrons. The predicted molar refractivity (Wildman–Crippen MR) is 90.1 cm³/mol. The minimum absolute atomic E-state index is 0.0877. The second-order valence-electron chi connectivity index (χ2n) is 6.86. The van der Waals surface area contributed by atoms with Crippen LogP contribution in [0, 0.1) is 0 Å². The van der Waals surface area contributed by atoms with Gasteiger partial charge in [-0.15, -0.1) is 0 Å². The molecule has 1 aromatic carbocycles. The minimum Gasteiger partial charge on any atom is -0.454 e. The van der Waals surface area contributed by atoms with Gasteiger partial charge in [0.25, 0.3) is 0 Å². The first-order valence-corrected chi connectivity index (χ1v) is 8.89. The largest absolute Gasteiger partial charge is 0.454 e. The molecule has 0 aromatic heterocycles. The van der Waals surface area contributed by atoms with Crippen molar-refractivity contribution in [3.05, 3.63) is 23.8 Å². The van der Waals surface area contributed by atoms with E-state index in [9.17, 15) is 4.79 Å². The number of hydrogen-bond donors (Lipinski definition) is 1. The maximum Gasteiger partial charge on any atom is 0.234 e. The predicted octanol–water partition coefficient (Wildman–Crippen LogP) is 1.20. The van der Waals surface area contributed by atoms with E-state index in [-0.39, 0.29) is 12.7 Å². The number of piperazine rings is 1. The lowest BCUT2D eigenvalue weighted by molar-refractivity contribution is -0.123. The summed E-state index contributed by atoms with van der Waals surface area (Å²) in [6.45, 7) is 5.47. The molecule has 2 aliphatic heterocycles. The Morgan fingerprint density at radius 2 is 1.92 bits per heavy atom. The van der Waals surface area contributed by atoms with Gasteiger partial charge in [0.2, 0.25) is 12.7 Å². The summed E-state index contributed by atoms with van der Waals surface area (Å²) in [7, 11) is 0. The van der Waals surface area contributed by atoms with Gasteiger partial charge in [0.05, 0.1) is 6.54 Å². The van der Waals surface area contributed by atoms with Crippen molar-refractivity contribution in [1.29, 1.82) is 0 Å². The first kappa shape index (κ1) is 15.7. The number of amides is 1. The minimum atomic E-state index is 0.0877. The summed E-state index contributed by atoms with van der Waals surface area (Å²) in [6.07, 6.45) is 4.10. The molecule has 2 heterocycles. The summed E-state index contributed by atoms with van der Waals surface area (Å²) in [5, 5.41) is 3.00. The van der Waals surface area contributed by atoms with Crippen molar-refractivity contribution in [1.82, 2.24) is 15.1 Å². The fourth-order valence-corrected chi connectivity index (χ4v) is 3.55. The van der Waals surface area contributed by atoms with Crippen LogP contribution >= 0.6 is 0 Å². The molecule has 3 aliphatic rings. The molecule has 1 saturated heterocycles. The van der Waals surface area contributed by atoms with Gasteiger partial charge < -0.3 is 14.8 Å². The van der Waals surface area contributed by atoms with Crippen molar-refractivity contribution < 1.29 is 14.3 Å². The average molecular weight is 331 g/mol. The lowest BCUT2D eigenvalue weighted by Crippen LogP contribution is -2.53. The quantitative estimate of drug-likeness (QED) is 0.879. The molecule has 6 heteroatoms. The fourth-order valence-electron chi connectivity index (χ4n) is 3.55. The van der Waals surface area contributed by atoms with Crippen molar-refractivity contribution in [2.75, 3.05) is 39.5 Å². The van der Waals surface area contributed by atoms with Crippen LogP contribution in [0.1, 0.15) is 24.8 Å². The lowest BCUT2D eigenvalue weighted by atomic mass is 9.91. The number of carbonyl (C=O) groups is 1. The zero-order valence-corrected chi connectivity index (χ0v) is 14.0. The highest BCUT2D eigenvalue weighted by atomic mass is 16.7. The number of ether oxygens (including phenoxy) is 2. The summed E-state index contributed by atoms with van der Waals surface area (Å²) >= 11 is 0. The van der Waals surface area contributed by atoms with Crippen LogP contribution in [0.5, 0.6) is 11.5 Å². The van der Waals surface area contributed by atoms with Gasteiger partial charge in [-0.1, -0.05) is 12.5 Å². The Hall–Kier alpha value is -1.79. The highest BCUT2D eigenvalue weighted by Crippen LogP contribution is 2.32. The molecule has 0 spiro atoms. The standard InChI is InChI=1S/C18H25N3O3/c22-18(12-20-6-8-21(9-7-20)15-2-1-3-15)19-11-14-4-5-16-17(10-14)24-13-23-16/h4-5,10,15H,1-3,6-9,11-13H2,(H,19,22). The van der Waals surface area contributed by atoms with Gasteiger partial charge >= 0.3 is 0 Å². The molecule has 1 aliphatic carbocycles. The van der Waals surface area contributed by atoms with E-state index in [1.54, 1.807) is 0 Å². The number of rotatable bonds is 5. The first-order chi connectivity index (χ1) is 11.8.